The first-order valence-corrected chi connectivity index (χ1v) is 4.55. The Labute approximate surface area is 123 Å². The summed E-state index contributed by atoms with van der Waals surface area (Å²) in [6.07, 6.45) is 0.209. The predicted molar refractivity (Wildman–Crippen MR) is 51.2 cm³/mol. The molecule has 1 aromatic rings. The van der Waals surface area contributed by atoms with Crippen molar-refractivity contribution in [3.63, 3.8) is 0 Å². The van der Waals surface area contributed by atoms with E-state index >= 15 is 0 Å². The van der Waals surface area contributed by atoms with Crippen LogP contribution in [0.1, 0.15) is 24.0 Å². The van der Waals surface area contributed by atoms with Gasteiger partial charge in [0.05, 0.1) is 11.0 Å². The van der Waals surface area contributed by atoms with E-state index in [2.05, 4.69) is 0 Å². The maximum Gasteiger partial charge on any atom is 0.269 e. The Kier molecular flexibility index (Phi) is 4.28. The summed E-state index contributed by atoms with van der Waals surface area (Å²) in [4.78, 5) is 10.1. The maximum atomic E-state index is 10.5. The van der Waals surface area contributed by atoms with E-state index in [9.17, 15) is 15.2 Å². The average molecular weight is 420 g/mol. The Morgan fingerprint density at radius 2 is 2.20 bits per heavy atom. The van der Waals surface area contributed by atoms with Crippen molar-refractivity contribution < 1.29 is 54.1 Å². The fourth-order valence-corrected chi connectivity index (χ4v) is 1.92. The number of hydrogen-bond acceptors (Lipinski definition) is 3. The molecule has 0 aliphatic heterocycles. The molecular formula is C10H11AcNO3. The number of hydrogen-bond donors (Lipinski definition) is 1. The molecule has 77 valence electrons. The fraction of sp³-hybridized carbons (Fsp3) is 0.400. The van der Waals surface area contributed by atoms with Crippen LogP contribution in [0.3, 0.4) is 0 Å². The molecule has 0 saturated heterocycles. The van der Waals surface area contributed by atoms with E-state index < -0.39 is 11.0 Å². The zero-order valence-corrected chi connectivity index (χ0v) is 13.1. The second-order valence-corrected chi connectivity index (χ2v) is 3.70. The Morgan fingerprint density at radius 1 is 1.53 bits per heavy atom. The molecule has 4 nitrogen and oxygen atoms in total. The number of nitrogens with zero attached hydrogens (tertiary/aromatic N) is 1. The average Bonchev–Trinajstić information content (AvgIpc) is 2.43. The minimum atomic E-state index is -0.405. The van der Waals surface area contributed by atoms with Crippen LogP contribution in [-0.4, -0.2) is 16.1 Å². The van der Waals surface area contributed by atoms with Crippen molar-refractivity contribution in [2.45, 2.75) is 25.4 Å². The minimum absolute atomic E-state index is 0. The van der Waals surface area contributed by atoms with Gasteiger partial charge in [-0.1, -0.05) is 13.0 Å². The van der Waals surface area contributed by atoms with Crippen molar-refractivity contribution in [3.05, 3.63) is 39.4 Å². The Morgan fingerprint density at radius 3 is 2.80 bits per heavy atom. The number of nitro groups is 1. The number of non-ortho nitro benzene ring substituents is 1. The van der Waals surface area contributed by atoms with Gasteiger partial charge in [0.25, 0.3) is 5.69 Å². The normalized spacial score (nSPS) is 23.1. The first kappa shape index (κ1) is 13.1. The Bertz CT molecular complexity index is 394. The molecule has 5 heteroatoms. The summed E-state index contributed by atoms with van der Waals surface area (Å²) in [7, 11) is 0. The molecule has 0 amide bonds. The minimum Gasteiger partial charge on any atom is -0.392 e. The van der Waals surface area contributed by atoms with Gasteiger partial charge in [-0.05, 0) is 17.5 Å². The summed E-state index contributed by atoms with van der Waals surface area (Å²) in [5, 5.41) is 20.1. The van der Waals surface area contributed by atoms with Crippen LogP contribution in [0.2, 0.25) is 0 Å². The van der Waals surface area contributed by atoms with Gasteiger partial charge in [0, 0.05) is 62.1 Å². The van der Waals surface area contributed by atoms with Gasteiger partial charge in [0.15, 0.2) is 0 Å². The summed E-state index contributed by atoms with van der Waals surface area (Å²) in [5.41, 5.74) is 2.03. The molecule has 15 heavy (non-hydrogen) atoms. The molecule has 1 aromatic carbocycles. The van der Waals surface area contributed by atoms with Crippen LogP contribution in [0.15, 0.2) is 18.2 Å². The molecule has 1 aliphatic carbocycles. The van der Waals surface area contributed by atoms with Crippen LogP contribution in [0, 0.1) is 54.2 Å². The molecule has 0 saturated carbocycles. The SMILES string of the molecule is C[C@@H]1c2cc([N+](=O)[O-])ccc2CC1O.[Ac]. The zero-order valence-electron chi connectivity index (χ0n) is 8.38. The number of aliphatic hydroxyl groups is 1. The van der Waals surface area contributed by atoms with Gasteiger partial charge in [-0.25, -0.2) is 0 Å². The van der Waals surface area contributed by atoms with Crippen molar-refractivity contribution in [3.8, 4) is 0 Å². The first-order valence-electron chi connectivity index (χ1n) is 4.55. The van der Waals surface area contributed by atoms with E-state index in [1.807, 2.05) is 6.92 Å². The van der Waals surface area contributed by atoms with Gasteiger partial charge in [-0.15, -0.1) is 0 Å². The summed E-state index contributed by atoms with van der Waals surface area (Å²) in [6.45, 7) is 1.89. The third kappa shape index (κ3) is 2.41. The predicted octanol–water partition coefficient (Wildman–Crippen LogP) is 1.62. The van der Waals surface area contributed by atoms with Crippen LogP contribution in [0.4, 0.5) is 5.69 Å². The molecule has 0 aromatic heterocycles. The molecule has 1 N–H and O–H groups in total. The van der Waals surface area contributed by atoms with Crippen LogP contribution in [0.25, 0.3) is 0 Å². The van der Waals surface area contributed by atoms with Crippen LogP contribution in [0.5, 0.6) is 0 Å². The Hall–Kier alpha value is 0.0216. The molecule has 0 fully saturated rings. The molecule has 2 rings (SSSR count). The van der Waals surface area contributed by atoms with E-state index in [0.29, 0.717) is 6.42 Å². The van der Waals surface area contributed by atoms with Gasteiger partial charge in [-0.3, -0.25) is 10.1 Å². The fourth-order valence-electron chi connectivity index (χ4n) is 1.92. The topological polar surface area (TPSA) is 63.4 Å². The summed E-state index contributed by atoms with van der Waals surface area (Å²) in [6, 6.07) is 4.79. The monoisotopic (exact) mass is 420 g/mol. The van der Waals surface area contributed by atoms with Gasteiger partial charge in [-0.2, -0.15) is 0 Å². The van der Waals surface area contributed by atoms with Gasteiger partial charge in [0.1, 0.15) is 0 Å². The second kappa shape index (κ2) is 4.90. The van der Waals surface area contributed by atoms with E-state index in [1.54, 1.807) is 12.1 Å². The molecule has 0 bridgehead atoms. The quantitative estimate of drug-likeness (QED) is 0.555. The largest absolute Gasteiger partial charge is 0.392 e. The van der Waals surface area contributed by atoms with Crippen LogP contribution >= 0.6 is 0 Å². The number of fused-ring (bicyclic) bond motifs is 1. The van der Waals surface area contributed by atoms with Crippen molar-refractivity contribution in [2.24, 2.45) is 0 Å². The first-order chi connectivity index (χ1) is 6.59. The second-order valence-electron chi connectivity index (χ2n) is 3.70. The molecule has 1 radical (unpaired) electrons. The summed E-state index contributed by atoms with van der Waals surface area (Å²) < 4.78 is 0. The Balaban J connectivity index is 0.00000112. The van der Waals surface area contributed by atoms with Crippen molar-refractivity contribution >= 4 is 5.69 Å². The summed E-state index contributed by atoms with van der Waals surface area (Å²) in [5.74, 6) is 0.00454. The zero-order chi connectivity index (χ0) is 10.3. The number of rotatable bonds is 1. The third-order valence-electron chi connectivity index (χ3n) is 2.84. The van der Waals surface area contributed by atoms with E-state index in [4.69, 9.17) is 0 Å². The van der Waals surface area contributed by atoms with Gasteiger partial charge >= 0.3 is 0 Å². The van der Waals surface area contributed by atoms with E-state index in [0.717, 1.165) is 11.1 Å². The van der Waals surface area contributed by atoms with E-state index in [1.165, 1.54) is 6.07 Å². The molecular weight excluding hydrogens is 409 g/mol. The molecule has 0 spiro atoms. The molecule has 2 atom stereocenters. The third-order valence-corrected chi connectivity index (χ3v) is 2.84. The van der Waals surface area contributed by atoms with Crippen LogP contribution < -0.4 is 0 Å². The van der Waals surface area contributed by atoms with Crippen LogP contribution in [-0.2, 0) is 6.42 Å². The van der Waals surface area contributed by atoms with Crippen molar-refractivity contribution in [2.75, 3.05) is 0 Å². The maximum absolute atomic E-state index is 10.5. The molecule has 1 unspecified atom stereocenters. The molecule has 1 aliphatic rings. The van der Waals surface area contributed by atoms with Crippen molar-refractivity contribution in [1.29, 1.82) is 0 Å². The van der Waals surface area contributed by atoms with Gasteiger partial charge < -0.3 is 5.11 Å². The number of nitro benzene ring substituents is 1. The molecule has 0 heterocycles. The summed E-state index contributed by atoms with van der Waals surface area (Å²) >= 11 is 0. The van der Waals surface area contributed by atoms with Gasteiger partial charge in [0.2, 0.25) is 0 Å². The van der Waals surface area contributed by atoms with E-state index in [-0.39, 0.29) is 55.7 Å². The smallest absolute Gasteiger partial charge is 0.269 e. The van der Waals surface area contributed by atoms with Crippen molar-refractivity contribution in [1.82, 2.24) is 0 Å². The number of aliphatic hydroxyl groups excluding tert-OH is 1. The number of benzene rings is 1. The standard InChI is InChI=1S/C10H11NO3.Ac/c1-6-9-5-8(11(13)14)3-2-7(9)4-10(6)12;/h2-3,5-6,10,12H,4H2,1H3;/t6-,10?;/m1./s1.